The van der Waals surface area contributed by atoms with E-state index in [1.807, 2.05) is 30.3 Å². The SMILES string of the molecule is Clc1cccc(CN2CCCn3cccc3C2c2ccc(Cl)c(Cl)c2)c1. The fraction of sp³-hybridized carbons (Fsp3) is 0.238. The predicted molar refractivity (Wildman–Crippen MR) is 109 cm³/mol. The zero-order valence-electron chi connectivity index (χ0n) is 14.2. The Balaban J connectivity index is 1.76. The van der Waals surface area contributed by atoms with Crippen LogP contribution in [0.15, 0.2) is 60.8 Å². The summed E-state index contributed by atoms with van der Waals surface area (Å²) in [6.07, 6.45) is 3.25. The minimum atomic E-state index is 0.126. The van der Waals surface area contributed by atoms with E-state index in [2.05, 4.69) is 39.9 Å². The van der Waals surface area contributed by atoms with Gasteiger partial charge in [-0.3, -0.25) is 4.90 Å². The van der Waals surface area contributed by atoms with Crippen molar-refractivity contribution in [3.05, 3.63) is 92.7 Å². The van der Waals surface area contributed by atoms with Crippen LogP contribution in [0.25, 0.3) is 0 Å². The summed E-state index contributed by atoms with van der Waals surface area (Å²) in [6.45, 7) is 2.85. The normalized spacial score (nSPS) is 17.7. The monoisotopic (exact) mass is 404 g/mol. The number of aromatic nitrogens is 1. The van der Waals surface area contributed by atoms with E-state index >= 15 is 0 Å². The molecular formula is C21H19Cl3N2. The number of hydrogen-bond donors (Lipinski definition) is 0. The minimum Gasteiger partial charge on any atom is -0.350 e. The van der Waals surface area contributed by atoms with Gasteiger partial charge < -0.3 is 4.57 Å². The van der Waals surface area contributed by atoms with Crippen LogP contribution >= 0.6 is 34.8 Å². The molecule has 1 aliphatic heterocycles. The number of benzene rings is 2. The van der Waals surface area contributed by atoms with Crippen LogP contribution in [0.2, 0.25) is 15.1 Å². The molecule has 0 fully saturated rings. The zero-order chi connectivity index (χ0) is 18.1. The van der Waals surface area contributed by atoms with Crippen molar-refractivity contribution in [3.8, 4) is 0 Å². The number of hydrogen-bond acceptors (Lipinski definition) is 1. The van der Waals surface area contributed by atoms with E-state index in [-0.39, 0.29) is 6.04 Å². The Bertz CT molecular complexity index is 919. The lowest BCUT2D eigenvalue weighted by atomic mass is 10.0. The number of nitrogens with zero attached hydrogens (tertiary/aromatic N) is 2. The Kier molecular flexibility index (Phi) is 5.28. The first-order chi connectivity index (χ1) is 12.6. The summed E-state index contributed by atoms with van der Waals surface area (Å²) in [5.74, 6) is 0. The molecule has 0 spiro atoms. The Hall–Kier alpha value is -1.45. The van der Waals surface area contributed by atoms with E-state index in [0.29, 0.717) is 10.0 Å². The van der Waals surface area contributed by atoms with Gasteiger partial charge in [-0.15, -0.1) is 0 Å². The van der Waals surface area contributed by atoms with Gasteiger partial charge in [0.25, 0.3) is 0 Å². The molecule has 2 nitrogen and oxygen atoms in total. The van der Waals surface area contributed by atoms with Crippen molar-refractivity contribution in [2.24, 2.45) is 0 Å². The zero-order valence-corrected chi connectivity index (χ0v) is 16.5. The van der Waals surface area contributed by atoms with Crippen molar-refractivity contribution in [1.29, 1.82) is 0 Å². The highest BCUT2D eigenvalue weighted by Crippen LogP contribution is 2.35. The van der Waals surface area contributed by atoms with Crippen LogP contribution in [0.3, 0.4) is 0 Å². The van der Waals surface area contributed by atoms with E-state index < -0.39 is 0 Å². The molecule has 1 aromatic heterocycles. The molecule has 0 bridgehead atoms. The molecule has 1 unspecified atom stereocenters. The number of fused-ring (bicyclic) bond motifs is 1. The second-order valence-electron chi connectivity index (χ2n) is 6.66. The quantitative estimate of drug-likeness (QED) is 0.486. The summed E-state index contributed by atoms with van der Waals surface area (Å²) in [6, 6.07) is 18.5. The van der Waals surface area contributed by atoms with Crippen molar-refractivity contribution in [1.82, 2.24) is 9.47 Å². The number of aryl methyl sites for hydroxylation is 1. The fourth-order valence-corrected chi connectivity index (χ4v) is 4.26. The topological polar surface area (TPSA) is 8.17 Å². The molecule has 134 valence electrons. The third kappa shape index (κ3) is 3.65. The van der Waals surface area contributed by atoms with Gasteiger partial charge in [0.1, 0.15) is 0 Å². The van der Waals surface area contributed by atoms with Crippen molar-refractivity contribution >= 4 is 34.8 Å². The molecule has 0 saturated heterocycles. The van der Waals surface area contributed by atoms with Gasteiger partial charge in [0.05, 0.1) is 16.1 Å². The Morgan fingerprint density at radius 2 is 1.77 bits per heavy atom. The van der Waals surface area contributed by atoms with Gasteiger partial charge in [-0.1, -0.05) is 53.0 Å². The molecule has 0 amide bonds. The summed E-state index contributed by atoms with van der Waals surface area (Å²) in [5, 5.41) is 1.95. The summed E-state index contributed by atoms with van der Waals surface area (Å²) in [4.78, 5) is 2.49. The molecule has 4 rings (SSSR count). The fourth-order valence-electron chi connectivity index (χ4n) is 3.74. The van der Waals surface area contributed by atoms with Gasteiger partial charge in [0.15, 0.2) is 0 Å². The van der Waals surface area contributed by atoms with Crippen LogP contribution < -0.4 is 0 Å². The lowest BCUT2D eigenvalue weighted by Crippen LogP contribution is -2.29. The van der Waals surface area contributed by atoms with Crippen molar-refractivity contribution in [2.45, 2.75) is 25.6 Å². The maximum Gasteiger partial charge on any atom is 0.0759 e. The van der Waals surface area contributed by atoms with Crippen LogP contribution in [0, 0.1) is 0 Å². The smallest absolute Gasteiger partial charge is 0.0759 e. The van der Waals surface area contributed by atoms with E-state index in [1.54, 1.807) is 0 Å². The molecule has 2 heterocycles. The predicted octanol–water partition coefficient (Wildman–Crippen LogP) is 6.44. The largest absolute Gasteiger partial charge is 0.350 e. The van der Waals surface area contributed by atoms with Gasteiger partial charge >= 0.3 is 0 Å². The molecule has 0 saturated carbocycles. The third-order valence-corrected chi connectivity index (χ3v) is 5.86. The molecule has 0 N–H and O–H groups in total. The molecular weight excluding hydrogens is 387 g/mol. The highest BCUT2D eigenvalue weighted by Gasteiger charge is 2.27. The summed E-state index contributed by atoms with van der Waals surface area (Å²) in [5.41, 5.74) is 3.65. The second-order valence-corrected chi connectivity index (χ2v) is 7.91. The molecule has 2 aromatic carbocycles. The molecule has 1 aliphatic rings. The number of rotatable bonds is 3. The number of halogens is 3. The van der Waals surface area contributed by atoms with Gasteiger partial charge in [-0.25, -0.2) is 0 Å². The van der Waals surface area contributed by atoms with E-state index in [9.17, 15) is 0 Å². The van der Waals surface area contributed by atoms with Gasteiger partial charge in [-0.05, 0) is 53.9 Å². The van der Waals surface area contributed by atoms with E-state index in [4.69, 9.17) is 34.8 Å². The van der Waals surface area contributed by atoms with Gasteiger partial charge in [0, 0.05) is 36.5 Å². The molecule has 1 atom stereocenters. The van der Waals surface area contributed by atoms with Crippen molar-refractivity contribution in [3.63, 3.8) is 0 Å². The summed E-state index contributed by atoms with van der Waals surface area (Å²) in [7, 11) is 0. The first-order valence-corrected chi connectivity index (χ1v) is 9.84. The summed E-state index contributed by atoms with van der Waals surface area (Å²) >= 11 is 18.7. The average molecular weight is 406 g/mol. The molecule has 3 aromatic rings. The van der Waals surface area contributed by atoms with E-state index in [1.165, 1.54) is 11.3 Å². The highest BCUT2D eigenvalue weighted by molar-refractivity contribution is 6.42. The first-order valence-electron chi connectivity index (χ1n) is 8.70. The molecule has 26 heavy (non-hydrogen) atoms. The van der Waals surface area contributed by atoms with Crippen LogP contribution in [0.5, 0.6) is 0 Å². The highest BCUT2D eigenvalue weighted by atomic mass is 35.5. The minimum absolute atomic E-state index is 0.126. The van der Waals surface area contributed by atoms with Crippen LogP contribution in [-0.4, -0.2) is 16.0 Å². The van der Waals surface area contributed by atoms with Gasteiger partial charge in [-0.2, -0.15) is 0 Å². The van der Waals surface area contributed by atoms with Crippen LogP contribution in [0.1, 0.15) is 29.3 Å². The molecule has 0 radical (unpaired) electrons. The lowest BCUT2D eigenvalue weighted by molar-refractivity contribution is 0.220. The van der Waals surface area contributed by atoms with Crippen LogP contribution in [0.4, 0.5) is 0 Å². The van der Waals surface area contributed by atoms with E-state index in [0.717, 1.165) is 36.6 Å². The Labute approximate surface area is 168 Å². The Morgan fingerprint density at radius 3 is 2.58 bits per heavy atom. The maximum absolute atomic E-state index is 6.33. The van der Waals surface area contributed by atoms with Gasteiger partial charge in [0.2, 0.25) is 0 Å². The second kappa shape index (κ2) is 7.66. The summed E-state index contributed by atoms with van der Waals surface area (Å²) < 4.78 is 2.34. The van der Waals surface area contributed by atoms with Crippen molar-refractivity contribution in [2.75, 3.05) is 6.54 Å². The standard InChI is InChI=1S/C21H19Cl3N2/c22-17-5-1-4-15(12-17)14-26-11-3-10-25-9-2-6-20(25)21(26)16-7-8-18(23)19(24)13-16/h1-2,4-9,12-13,21H,3,10-11,14H2. The maximum atomic E-state index is 6.33. The Morgan fingerprint density at radius 1 is 0.885 bits per heavy atom. The van der Waals surface area contributed by atoms with Crippen molar-refractivity contribution < 1.29 is 0 Å². The first kappa shape index (κ1) is 17.9. The average Bonchev–Trinajstić information content (AvgIpc) is 3.00. The third-order valence-electron chi connectivity index (χ3n) is 4.89. The molecule has 0 aliphatic carbocycles. The molecule has 5 heteroatoms. The lowest BCUT2D eigenvalue weighted by Gasteiger charge is -2.31. The van der Waals surface area contributed by atoms with Crippen LogP contribution in [-0.2, 0) is 13.1 Å².